The van der Waals surface area contributed by atoms with Crippen molar-refractivity contribution in [3.8, 4) is 0 Å². The lowest BCUT2D eigenvalue weighted by Gasteiger charge is -2.39. The maximum absolute atomic E-state index is 13.8. The number of rotatable bonds is 9. The molecule has 4 aromatic rings. The molecule has 2 N–H and O–H groups in total. The Hall–Kier alpha value is -3.16. The number of ketones is 1. The van der Waals surface area contributed by atoms with E-state index in [0.29, 0.717) is 28.2 Å². The number of benzene rings is 2. The fourth-order valence-electron chi connectivity index (χ4n) is 5.73. The monoisotopic (exact) mass is 626 g/mol. The number of nitrogens with zero attached hydrogens (tertiary/aromatic N) is 5. The average molecular weight is 627 g/mol. The van der Waals surface area contributed by atoms with Gasteiger partial charge in [-0.25, -0.2) is 18.4 Å². The van der Waals surface area contributed by atoms with Crippen molar-refractivity contribution in [1.82, 2.24) is 24.1 Å². The zero-order valence-electron chi connectivity index (χ0n) is 22.9. The molecule has 0 spiro atoms. The number of nitrogens with two attached hydrogens (primary N) is 1. The summed E-state index contributed by atoms with van der Waals surface area (Å²) >= 11 is 7.22. The normalized spacial score (nSPS) is 18.8. The third-order valence-corrected chi connectivity index (χ3v) is 11.6. The minimum atomic E-state index is -4.03. The Morgan fingerprint density at radius 2 is 1.90 bits per heavy atom. The third-order valence-electron chi connectivity index (χ3n) is 7.99. The van der Waals surface area contributed by atoms with Gasteiger partial charge in [-0.05, 0) is 80.2 Å². The molecule has 1 amide bonds. The van der Waals surface area contributed by atoms with Gasteiger partial charge in [0.1, 0.15) is 22.4 Å². The first kappa shape index (κ1) is 28.9. The molecule has 2 fully saturated rings. The SMILES string of the molecule is Nc1ncnc2cc(CN3C(=O)CN(S(=O)(=O)c4cc5ccc(Cl)cc5s4)CC3C(=O)CCCN3CCCC3)ccc12. The van der Waals surface area contributed by atoms with Crippen molar-refractivity contribution in [2.75, 3.05) is 38.5 Å². The predicted octanol–water partition coefficient (Wildman–Crippen LogP) is 3.93. The zero-order chi connectivity index (χ0) is 29.4. The molecule has 13 heteroatoms. The van der Waals surface area contributed by atoms with Crippen LogP contribution in [-0.2, 0) is 26.2 Å². The smallest absolute Gasteiger partial charge is 0.253 e. The number of sulfonamides is 1. The molecule has 0 bridgehead atoms. The standard InChI is InChI=1S/C29H31ClN6O4S2/c30-21-7-6-20-13-28(41-26(20)14-21)42(39,40)35-16-24(25(37)4-3-11-34-9-1-2-10-34)36(27(38)17-35)15-19-5-8-22-23(12-19)32-18-33-29(22)31/h5-8,12-14,18,24H,1-4,9-11,15-17H2,(H2,31,32,33). The summed E-state index contributed by atoms with van der Waals surface area (Å²) in [6.45, 7) is 2.57. The van der Waals surface area contributed by atoms with Crippen molar-refractivity contribution < 1.29 is 18.0 Å². The van der Waals surface area contributed by atoms with Crippen molar-refractivity contribution in [3.63, 3.8) is 0 Å². The zero-order valence-corrected chi connectivity index (χ0v) is 25.3. The van der Waals surface area contributed by atoms with Crippen LogP contribution in [0.1, 0.15) is 31.2 Å². The van der Waals surface area contributed by atoms with E-state index in [2.05, 4.69) is 14.9 Å². The van der Waals surface area contributed by atoms with E-state index in [9.17, 15) is 18.0 Å². The van der Waals surface area contributed by atoms with Gasteiger partial charge in [0.25, 0.3) is 10.0 Å². The summed E-state index contributed by atoms with van der Waals surface area (Å²) in [5.74, 6) is -0.205. The van der Waals surface area contributed by atoms with Crippen LogP contribution in [0, 0.1) is 0 Å². The second kappa shape index (κ2) is 11.8. The van der Waals surface area contributed by atoms with Crippen LogP contribution in [0.2, 0.25) is 5.02 Å². The first-order valence-electron chi connectivity index (χ1n) is 13.9. The second-order valence-electron chi connectivity index (χ2n) is 10.8. The van der Waals surface area contributed by atoms with Gasteiger partial charge >= 0.3 is 0 Å². The molecule has 42 heavy (non-hydrogen) atoms. The summed E-state index contributed by atoms with van der Waals surface area (Å²) in [5.41, 5.74) is 7.37. The molecule has 0 aliphatic carbocycles. The summed E-state index contributed by atoms with van der Waals surface area (Å²) < 4.78 is 29.6. The highest BCUT2D eigenvalue weighted by Crippen LogP contribution is 2.34. The van der Waals surface area contributed by atoms with Gasteiger partial charge in [-0.15, -0.1) is 11.3 Å². The van der Waals surface area contributed by atoms with Gasteiger partial charge in [-0.2, -0.15) is 4.31 Å². The molecule has 2 aliphatic heterocycles. The maximum atomic E-state index is 13.8. The molecule has 1 unspecified atom stereocenters. The molecule has 220 valence electrons. The predicted molar refractivity (Wildman–Crippen MR) is 164 cm³/mol. The van der Waals surface area contributed by atoms with Gasteiger partial charge in [-0.1, -0.05) is 23.7 Å². The number of aromatic nitrogens is 2. The Kier molecular flexibility index (Phi) is 8.16. The number of hydrogen-bond donors (Lipinski definition) is 1. The van der Waals surface area contributed by atoms with Gasteiger partial charge in [0.05, 0.1) is 12.1 Å². The van der Waals surface area contributed by atoms with E-state index in [4.69, 9.17) is 17.3 Å². The summed E-state index contributed by atoms with van der Waals surface area (Å²) in [6.07, 6.45) is 4.63. The molecular formula is C29H31ClN6O4S2. The highest BCUT2D eigenvalue weighted by molar-refractivity contribution is 7.91. The van der Waals surface area contributed by atoms with Crippen LogP contribution in [0.4, 0.5) is 5.82 Å². The number of halogens is 1. The fraction of sp³-hybridized carbons (Fsp3) is 0.379. The molecule has 6 rings (SSSR count). The van der Waals surface area contributed by atoms with E-state index < -0.39 is 22.0 Å². The van der Waals surface area contributed by atoms with E-state index in [1.165, 1.54) is 11.2 Å². The number of anilines is 1. The van der Waals surface area contributed by atoms with Crippen molar-refractivity contribution >= 4 is 71.5 Å². The number of likely N-dealkylation sites (tertiary alicyclic amines) is 1. The number of Topliss-reactive ketones (excluding diaryl/α,β-unsaturated/α-hetero) is 1. The molecule has 2 saturated heterocycles. The lowest BCUT2D eigenvalue weighted by atomic mass is 10.0. The van der Waals surface area contributed by atoms with Gasteiger partial charge < -0.3 is 15.5 Å². The summed E-state index contributed by atoms with van der Waals surface area (Å²) in [4.78, 5) is 39.5. The summed E-state index contributed by atoms with van der Waals surface area (Å²) in [5, 5.41) is 1.96. The lowest BCUT2D eigenvalue weighted by Crippen LogP contribution is -2.59. The van der Waals surface area contributed by atoms with Crippen molar-refractivity contribution in [2.45, 2.75) is 42.5 Å². The highest BCUT2D eigenvalue weighted by Gasteiger charge is 2.42. The van der Waals surface area contributed by atoms with E-state index >= 15 is 0 Å². The van der Waals surface area contributed by atoms with Crippen LogP contribution in [0.3, 0.4) is 0 Å². The maximum Gasteiger partial charge on any atom is 0.253 e. The lowest BCUT2D eigenvalue weighted by molar-refractivity contribution is -0.144. The van der Waals surface area contributed by atoms with E-state index in [1.54, 1.807) is 30.3 Å². The Morgan fingerprint density at radius 1 is 1.10 bits per heavy atom. The number of hydrogen-bond acceptors (Lipinski definition) is 9. The van der Waals surface area contributed by atoms with Gasteiger partial charge in [0, 0.05) is 34.6 Å². The number of amides is 1. The minimum absolute atomic E-state index is 0.103. The highest BCUT2D eigenvalue weighted by atomic mass is 35.5. The Labute approximate surface area is 253 Å². The summed E-state index contributed by atoms with van der Waals surface area (Å²) in [7, 11) is -4.03. The number of piperazine rings is 1. The molecule has 1 atom stereocenters. The molecule has 2 aromatic carbocycles. The van der Waals surface area contributed by atoms with Crippen LogP contribution < -0.4 is 5.73 Å². The van der Waals surface area contributed by atoms with Gasteiger partial charge in [0.2, 0.25) is 5.91 Å². The molecular weight excluding hydrogens is 596 g/mol. The van der Waals surface area contributed by atoms with Crippen molar-refractivity contribution in [3.05, 3.63) is 59.4 Å². The largest absolute Gasteiger partial charge is 0.383 e. The van der Waals surface area contributed by atoms with E-state index in [-0.39, 0.29) is 36.0 Å². The summed E-state index contributed by atoms with van der Waals surface area (Å²) in [6, 6.07) is 11.3. The molecule has 4 heterocycles. The Bertz CT molecular complexity index is 1770. The number of fused-ring (bicyclic) bond motifs is 2. The fourth-order valence-corrected chi connectivity index (χ4v) is 8.96. The number of carbonyl (C=O) groups excluding carboxylic acids is 2. The van der Waals surface area contributed by atoms with Crippen molar-refractivity contribution in [1.29, 1.82) is 0 Å². The Balaban J connectivity index is 1.27. The van der Waals surface area contributed by atoms with E-state index in [0.717, 1.165) is 63.8 Å². The first-order chi connectivity index (χ1) is 20.2. The van der Waals surface area contributed by atoms with Crippen LogP contribution in [0.5, 0.6) is 0 Å². The quantitative estimate of drug-likeness (QED) is 0.296. The molecule has 0 radical (unpaired) electrons. The number of thiophene rings is 1. The van der Waals surface area contributed by atoms with Gasteiger partial charge in [0.15, 0.2) is 5.78 Å². The van der Waals surface area contributed by atoms with E-state index in [1.807, 2.05) is 12.1 Å². The first-order valence-corrected chi connectivity index (χ1v) is 16.6. The minimum Gasteiger partial charge on any atom is -0.383 e. The average Bonchev–Trinajstić information content (AvgIpc) is 3.64. The van der Waals surface area contributed by atoms with Crippen LogP contribution in [0.25, 0.3) is 21.0 Å². The Morgan fingerprint density at radius 3 is 2.71 bits per heavy atom. The van der Waals surface area contributed by atoms with Gasteiger partial charge in [-0.3, -0.25) is 9.59 Å². The molecule has 2 aromatic heterocycles. The molecule has 2 aliphatic rings. The van der Waals surface area contributed by atoms with Crippen LogP contribution >= 0.6 is 22.9 Å². The molecule has 0 saturated carbocycles. The van der Waals surface area contributed by atoms with Crippen LogP contribution in [0.15, 0.2) is 53.0 Å². The number of carbonyl (C=O) groups is 2. The molecule has 10 nitrogen and oxygen atoms in total. The van der Waals surface area contributed by atoms with Crippen LogP contribution in [-0.4, -0.2) is 82.9 Å². The topological polar surface area (TPSA) is 130 Å². The second-order valence-corrected chi connectivity index (χ2v) is 14.5. The van der Waals surface area contributed by atoms with Crippen molar-refractivity contribution in [2.24, 2.45) is 0 Å². The third kappa shape index (κ3) is 5.86. The number of nitrogen functional groups attached to an aromatic ring is 1.